The second kappa shape index (κ2) is 9.28. The minimum absolute atomic E-state index is 0.529. The van der Waals surface area contributed by atoms with E-state index >= 15 is 0 Å². The largest absolute Gasteiger partial charge is 0.356 e. The smallest absolute Gasteiger partial charge is 0.193 e. The Kier molecular flexibility index (Phi) is 7.37. The number of guanidine groups is 1. The topological polar surface area (TPSA) is 30.9 Å². The third kappa shape index (κ3) is 5.21. The summed E-state index contributed by atoms with van der Waals surface area (Å²) in [5, 5.41) is 5.72. The van der Waals surface area contributed by atoms with Crippen LogP contribution >= 0.6 is 11.3 Å². The summed E-state index contributed by atoms with van der Waals surface area (Å²) in [6, 6.07) is 4.35. The van der Waals surface area contributed by atoms with Gasteiger partial charge in [-0.15, -0.1) is 11.3 Å². The van der Waals surface area contributed by atoms with Gasteiger partial charge in [0.15, 0.2) is 5.96 Å². The van der Waals surface area contributed by atoms with Gasteiger partial charge in [0, 0.05) is 44.0 Å². The Balaban J connectivity index is 1.80. The predicted molar refractivity (Wildman–Crippen MR) is 102 cm³/mol. The maximum Gasteiger partial charge on any atom is 0.193 e. The van der Waals surface area contributed by atoms with Crippen molar-refractivity contribution in [3.8, 4) is 0 Å². The lowest BCUT2D eigenvalue weighted by molar-refractivity contribution is 0.255. The summed E-state index contributed by atoms with van der Waals surface area (Å²) in [5.74, 6) is 2.36. The molecule has 0 amide bonds. The molecule has 2 atom stereocenters. The van der Waals surface area contributed by atoms with E-state index in [0.29, 0.717) is 5.92 Å². The Morgan fingerprint density at radius 3 is 2.87 bits per heavy atom. The molecule has 0 bridgehead atoms. The molecule has 23 heavy (non-hydrogen) atoms. The number of thiophene rings is 1. The van der Waals surface area contributed by atoms with Crippen LogP contribution in [0.1, 0.15) is 38.0 Å². The van der Waals surface area contributed by atoms with Gasteiger partial charge >= 0.3 is 0 Å². The van der Waals surface area contributed by atoms with E-state index in [1.54, 1.807) is 0 Å². The molecule has 0 saturated carbocycles. The van der Waals surface area contributed by atoms with Crippen LogP contribution in [0.2, 0.25) is 0 Å². The lowest BCUT2D eigenvalue weighted by Gasteiger charge is -2.25. The van der Waals surface area contributed by atoms with Crippen LogP contribution in [-0.4, -0.2) is 62.1 Å². The first-order chi connectivity index (χ1) is 11.2. The van der Waals surface area contributed by atoms with E-state index < -0.39 is 0 Å². The first-order valence-electron chi connectivity index (χ1n) is 8.89. The van der Waals surface area contributed by atoms with Crippen LogP contribution in [-0.2, 0) is 0 Å². The molecule has 130 valence electrons. The van der Waals surface area contributed by atoms with E-state index in [4.69, 9.17) is 0 Å². The molecule has 5 heteroatoms. The normalized spacial score (nSPS) is 20.3. The van der Waals surface area contributed by atoms with E-state index in [9.17, 15) is 0 Å². The van der Waals surface area contributed by atoms with Crippen LogP contribution in [0.25, 0.3) is 0 Å². The number of hydrogen-bond donors (Lipinski definition) is 1. The second-order valence-corrected chi connectivity index (χ2v) is 7.41. The first kappa shape index (κ1) is 18.3. The number of nitrogens with one attached hydrogen (secondary N) is 1. The van der Waals surface area contributed by atoms with Gasteiger partial charge < -0.3 is 15.1 Å². The average Bonchev–Trinajstić information content (AvgIpc) is 3.25. The van der Waals surface area contributed by atoms with Gasteiger partial charge in [0.05, 0.1) is 0 Å². The zero-order valence-electron chi connectivity index (χ0n) is 15.1. The molecule has 0 aliphatic carbocycles. The van der Waals surface area contributed by atoms with Crippen molar-refractivity contribution in [2.45, 2.75) is 33.1 Å². The van der Waals surface area contributed by atoms with E-state index in [2.05, 4.69) is 58.4 Å². The highest BCUT2D eigenvalue weighted by molar-refractivity contribution is 7.10. The maximum atomic E-state index is 4.50. The zero-order chi connectivity index (χ0) is 16.7. The highest BCUT2D eigenvalue weighted by Crippen LogP contribution is 2.21. The van der Waals surface area contributed by atoms with Gasteiger partial charge in [-0.05, 0) is 36.9 Å². The van der Waals surface area contributed by atoms with Gasteiger partial charge in [-0.2, -0.15) is 0 Å². The minimum Gasteiger partial charge on any atom is -0.356 e. The molecule has 0 radical (unpaired) electrons. The molecule has 2 heterocycles. The van der Waals surface area contributed by atoms with E-state index in [1.165, 1.54) is 17.8 Å². The standard InChI is InChI=1S/C18H32N4S/c1-5-21(6-2)13-16-9-10-22(14-16)18(19-4)20-12-15(3)17-8-7-11-23-17/h7-8,11,15-16H,5-6,9-10,12-14H2,1-4H3,(H,19,20). The number of rotatable bonds is 7. The summed E-state index contributed by atoms with van der Waals surface area (Å²) < 4.78 is 0. The minimum atomic E-state index is 0.529. The summed E-state index contributed by atoms with van der Waals surface area (Å²) in [4.78, 5) is 10.9. The molecule has 1 aliphatic heterocycles. The Labute approximate surface area is 145 Å². The van der Waals surface area contributed by atoms with Crippen molar-refractivity contribution in [2.24, 2.45) is 10.9 Å². The van der Waals surface area contributed by atoms with Crippen LogP contribution < -0.4 is 5.32 Å². The fourth-order valence-electron chi connectivity index (χ4n) is 3.27. The van der Waals surface area contributed by atoms with Crippen LogP contribution in [0.3, 0.4) is 0 Å². The molecule has 0 aromatic carbocycles. The highest BCUT2D eigenvalue weighted by atomic mass is 32.1. The van der Waals surface area contributed by atoms with Crippen molar-refractivity contribution in [1.29, 1.82) is 0 Å². The van der Waals surface area contributed by atoms with Gasteiger partial charge in [0.1, 0.15) is 0 Å². The van der Waals surface area contributed by atoms with Crippen molar-refractivity contribution >= 4 is 17.3 Å². The summed E-state index contributed by atoms with van der Waals surface area (Å²) >= 11 is 1.84. The Morgan fingerprint density at radius 1 is 1.48 bits per heavy atom. The van der Waals surface area contributed by atoms with E-state index in [0.717, 1.165) is 44.6 Å². The summed E-state index contributed by atoms with van der Waals surface area (Å²) in [5.41, 5.74) is 0. The van der Waals surface area contributed by atoms with Gasteiger partial charge in [-0.25, -0.2) is 0 Å². The number of nitrogens with zero attached hydrogens (tertiary/aromatic N) is 3. The van der Waals surface area contributed by atoms with Crippen LogP contribution in [0.4, 0.5) is 0 Å². The molecule has 1 aliphatic rings. The van der Waals surface area contributed by atoms with Gasteiger partial charge in [-0.3, -0.25) is 4.99 Å². The Hall–Kier alpha value is -1.07. The quantitative estimate of drug-likeness (QED) is 0.613. The van der Waals surface area contributed by atoms with Gasteiger partial charge in [-0.1, -0.05) is 26.8 Å². The fourth-order valence-corrected chi connectivity index (χ4v) is 4.06. The van der Waals surface area contributed by atoms with Gasteiger partial charge in [0.25, 0.3) is 0 Å². The van der Waals surface area contributed by atoms with Crippen molar-refractivity contribution < 1.29 is 0 Å². The summed E-state index contributed by atoms with van der Waals surface area (Å²) in [6.45, 7) is 13.5. The zero-order valence-corrected chi connectivity index (χ0v) is 15.9. The molecular weight excluding hydrogens is 304 g/mol. The molecular formula is C18H32N4S. The average molecular weight is 337 g/mol. The van der Waals surface area contributed by atoms with Crippen molar-refractivity contribution in [3.05, 3.63) is 22.4 Å². The summed E-state index contributed by atoms with van der Waals surface area (Å²) in [7, 11) is 1.90. The third-order valence-corrected chi connectivity index (χ3v) is 5.91. The molecule has 1 saturated heterocycles. The SMILES string of the molecule is CCN(CC)CC1CCN(C(=NC)NCC(C)c2cccs2)C1. The van der Waals surface area contributed by atoms with Crippen molar-refractivity contribution in [1.82, 2.24) is 15.1 Å². The van der Waals surface area contributed by atoms with E-state index in [1.807, 2.05) is 18.4 Å². The number of likely N-dealkylation sites (tertiary alicyclic amines) is 1. The Morgan fingerprint density at radius 2 is 2.26 bits per heavy atom. The summed E-state index contributed by atoms with van der Waals surface area (Å²) in [6.07, 6.45) is 1.28. The molecule has 0 spiro atoms. The van der Waals surface area contributed by atoms with Gasteiger partial charge in [0.2, 0.25) is 0 Å². The number of hydrogen-bond acceptors (Lipinski definition) is 3. The van der Waals surface area contributed by atoms with Crippen molar-refractivity contribution in [2.75, 3.05) is 46.3 Å². The Bertz CT molecular complexity index is 467. The molecule has 1 aromatic rings. The molecule has 4 nitrogen and oxygen atoms in total. The van der Waals surface area contributed by atoms with E-state index in [-0.39, 0.29) is 0 Å². The van der Waals surface area contributed by atoms with Crippen LogP contribution in [0.15, 0.2) is 22.5 Å². The molecule has 2 unspecified atom stereocenters. The van der Waals surface area contributed by atoms with Crippen LogP contribution in [0, 0.1) is 5.92 Å². The predicted octanol–water partition coefficient (Wildman–Crippen LogP) is 3.09. The lowest BCUT2D eigenvalue weighted by atomic mass is 10.1. The lowest BCUT2D eigenvalue weighted by Crippen LogP contribution is -2.42. The molecule has 1 fully saturated rings. The van der Waals surface area contributed by atoms with Crippen molar-refractivity contribution in [3.63, 3.8) is 0 Å². The second-order valence-electron chi connectivity index (χ2n) is 6.43. The first-order valence-corrected chi connectivity index (χ1v) is 9.77. The third-order valence-electron chi connectivity index (χ3n) is 4.80. The molecule has 1 aromatic heterocycles. The molecule has 1 N–H and O–H groups in total. The maximum absolute atomic E-state index is 4.50. The van der Waals surface area contributed by atoms with Crippen LogP contribution in [0.5, 0.6) is 0 Å². The highest BCUT2D eigenvalue weighted by Gasteiger charge is 2.26. The fraction of sp³-hybridized carbons (Fsp3) is 0.722. The molecule has 2 rings (SSSR count). The monoisotopic (exact) mass is 336 g/mol. The number of aliphatic imine (C=N–C) groups is 1.